The van der Waals surface area contributed by atoms with Gasteiger partial charge in [-0.3, -0.25) is 0 Å². The summed E-state index contributed by atoms with van der Waals surface area (Å²) in [4.78, 5) is 2.18. The Morgan fingerprint density at radius 1 is 1.05 bits per heavy atom. The van der Waals surface area contributed by atoms with E-state index in [2.05, 4.69) is 46.1 Å². The average Bonchev–Trinajstić information content (AvgIpc) is 2.47. The maximum atomic E-state index is 5.25. The lowest BCUT2D eigenvalue weighted by atomic mass is 10.2. The highest BCUT2D eigenvalue weighted by molar-refractivity contribution is 9.10. The van der Waals surface area contributed by atoms with Crippen molar-refractivity contribution < 1.29 is 9.47 Å². The molecule has 2 rings (SSSR count). The minimum atomic E-state index is 0.815. The smallest absolute Gasteiger partial charge is 0.133 e. The standard InChI is InChI=1S/C16H18BrNO2/c1-18(13-5-4-6-14(10-13)19-2)11-12-7-8-16(20-3)15(17)9-12/h4-10H,11H2,1-3H3. The van der Waals surface area contributed by atoms with E-state index in [-0.39, 0.29) is 0 Å². The number of hydrogen-bond donors (Lipinski definition) is 0. The second kappa shape index (κ2) is 6.66. The van der Waals surface area contributed by atoms with Gasteiger partial charge in [0.25, 0.3) is 0 Å². The molecule has 0 aliphatic rings. The molecule has 0 aliphatic heterocycles. The van der Waals surface area contributed by atoms with E-state index in [0.29, 0.717) is 0 Å². The molecule has 0 atom stereocenters. The van der Waals surface area contributed by atoms with Gasteiger partial charge in [-0.15, -0.1) is 0 Å². The van der Waals surface area contributed by atoms with Crippen LogP contribution < -0.4 is 14.4 Å². The van der Waals surface area contributed by atoms with Crippen LogP contribution in [0.2, 0.25) is 0 Å². The number of nitrogens with zero attached hydrogens (tertiary/aromatic N) is 1. The third-order valence-electron chi connectivity index (χ3n) is 3.13. The molecule has 0 saturated heterocycles. The van der Waals surface area contributed by atoms with Crippen LogP contribution in [0.25, 0.3) is 0 Å². The number of halogens is 1. The van der Waals surface area contributed by atoms with Crippen molar-refractivity contribution in [1.29, 1.82) is 0 Å². The molecule has 0 aromatic heterocycles. The molecule has 3 nitrogen and oxygen atoms in total. The van der Waals surface area contributed by atoms with Gasteiger partial charge in [0.15, 0.2) is 0 Å². The third kappa shape index (κ3) is 3.45. The van der Waals surface area contributed by atoms with Crippen LogP contribution in [0.5, 0.6) is 11.5 Å². The zero-order chi connectivity index (χ0) is 14.5. The van der Waals surface area contributed by atoms with Crippen LogP contribution in [-0.4, -0.2) is 21.3 Å². The molecule has 0 saturated carbocycles. The monoisotopic (exact) mass is 335 g/mol. The molecule has 106 valence electrons. The predicted molar refractivity (Wildman–Crippen MR) is 85.8 cm³/mol. The third-order valence-corrected chi connectivity index (χ3v) is 3.75. The minimum absolute atomic E-state index is 0.815. The van der Waals surface area contributed by atoms with Crippen molar-refractivity contribution in [3.8, 4) is 11.5 Å². The zero-order valence-electron chi connectivity index (χ0n) is 11.9. The molecule has 0 spiro atoms. The van der Waals surface area contributed by atoms with Gasteiger partial charge in [0.1, 0.15) is 11.5 Å². The van der Waals surface area contributed by atoms with Crippen molar-refractivity contribution in [3.05, 3.63) is 52.5 Å². The zero-order valence-corrected chi connectivity index (χ0v) is 13.5. The van der Waals surface area contributed by atoms with Crippen molar-refractivity contribution in [2.75, 3.05) is 26.2 Å². The highest BCUT2D eigenvalue weighted by Gasteiger charge is 2.06. The molecule has 2 aromatic rings. The van der Waals surface area contributed by atoms with E-state index >= 15 is 0 Å². The quantitative estimate of drug-likeness (QED) is 0.820. The summed E-state index contributed by atoms with van der Waals surface area (Å²) in [6.07, 6.45) is 0. The van der Waals surface area contributed by atoms with Crippen molar-refractivity contribution in [2.45, 2.75) is 6.54 Å². The van der Waals surface area contributed by atoms with Crippen LogP contribution in [0, 0.1) is 0 Å². The van der Waals surface area contributed by atoms with E-state index in [9.17, 15) is 0 Å². The van der Waals surface area contributed by atoms with Gasteiger partial charge in [0.05, 0.1) is 18.7 Å². The van der Waals surface area contributed by atoms with E-state index in [0.717, 1.165) is 28.2 Å². The first-order valence-electron chi connectivity index (χ1n) is 6.31. The van der Waals surface area contributed by atoms with Crippen LogP contribution in [0.1, 0.15) is 5.56 Å². The highest BCUT2D eigenvalue weighted by atomic mass is 79.9. The van der Waals surface area contributed by atoms with Crippen LogP contribution in [0.3, 0.4) is 0 Å². The molecule has 20 heavy (non-hydrogen) atoms. The molecular formula is C16H18BrNO2. The molecule has 0 radical (unpaired) electrons. The molecule has 2 aromatic carbocycles. The molecule has 0 fully saturated rings. The van der Waals surface area contributed by atoms with Gasteiger partial charge in [-0.25, -0.2) is 0 Å². The Morgan fingerprint density at radius 2 is 1.85 bits per heavy atom. The predicted octanol–water partition coefficient (Wildman–Crippen LogP) is 4.10. The first-order chi connectivity index (χ1) is 9.63. The van der Waals surface area contributed by atoms with E-state index < -0.39 is 0 Å². The fourth-order valence-electron chi connectivity index (χ4n) is 2.02. The average molecular weight is 336 g/mol. The Bertz CT molecular complexity index is 586. The number of anilines is 1. The maximum absolute atomic E-state index is 5.25. The first kappa shape index (κ1) is 14.7. The molecule has 0 amide bonds. The number of methoxy groups -OCH3 is 2. The van der Waals surface area contributed by atoms with Crippen molar-refractivity contribution in [2.24, 2.45) is 0 Å². The number of benzene rings is 2. The lowest BCUT2D eigenvalue weighted by molar-refractivity contribution is 0.412. The summed E-state index contributed by atoms with van der Waals surface area (Å²) in [5, 5.41) is 0. The Balaban J connectivity index is 2.14. The lowest BCUT2D eigenvalue weighted by Gasteiger charge is -2.20. The summed E-state index contributed by atoms with van der Waals surface area (Å²) in [7, 11) is 5.41. The number of rotatable bonds is 5. The topological polar surface area (TPSA) is 21.7 Å². The second-order valence-electron chi connectivity index (χ2n) is 4.53. The van der Waals surface area contributed by atoms with Crippen molar-refractivity contribution >= 4 is 21.6 Å². The minimum Gasteiger partial charge on any atom is -0.497 e. The molecule has 0 N–H and O–H groups in total. The van der Waals surface area contributed by atoms with E-state index in [4.69, 9.17) is 9.47 Å². The summed E-state index contributed by atoms with van der Waals surface area (Å²) < 4.78 is 11.5. The van der Waals surface area contributed by atoms with Crippen LogP contribution in [0.15, 0.2) is 46.9 Å². The summed E-state index contributed by atoms with van der Waals surface area (Å²) in [5.74, 6) is 1.71. The van der Waals surface area contributed by atoms with E-state index in [1.165, 1.54) is 5.56 Å². The fraction of sp³-hybridized carbons (Fsp3) is 0.250. The van der Waals surface area contributed by atoms with E-state index in [1.54, 1.807) is 14.2 Å². The largest absolute Gasteiger partial charge is 0.497 e. The Kier molecular flexibility index (Phi) is 4.90. The van der Waals surface area contributed by atoms with Gasteiger partial charge in [0.2, 0.25) is 0 Å². The molecule has 0 unspecified atom stereocenters. The van der Waals surface area contributed by atoms with Crippen LogP contribution in [-0.2, 0) is 6.54 Å². The molecule has 4 heteroatoms. The normalized spacial score (nSPS) is 10.2. The second-order valence-corrected chi connectivity index (χ2v) is 5.38. The van der Waals surface area contributed by atoms with Gasteiger partial charge in [-0.1, -0.05) is 12.1 Å². The number of ether oxygens (including phenoxy) is 2. The summed E-state index contributed by atoms with van der Waals surface area (Å²) in [5.41, 5.74) is 2.33. The molecule has 0 aliphatic carbocycles. The SMILES string of the molecule is COc1cccc(N(C)Cc2ccc(OC)c(Br)c2)c1. The molecule has 0 bridgehead atoms. The lowest BCUT2D eigenvalue weighted by Crippen LogP contribution is -2.16. The summed E-state index contributed by atoms with van der Waals surface area (Å²) >= 11 is 3.51. The van der Waals surface area contributed by atoms with Crippen molar-refractivity contribution in [3.63, 3.8) is 0 Å². The Hall–Kier alpha value is -1.68. The van der Waals surface area contributed by atoms with Gasteiger partial charge >= 0.3 is 0 Å². The Labute approximate surface area is 128 Å². The van der Waals surface area contributed by atoms with Crippen molar-refractivity contribution in [1.82, 2.24) is 0 Å². The van der Waals surface area contributed by atoms with Crippen LogP contribution in [0.4, 0.5) is 5.69 Å². The number of hydrogen-bond acceptors (Lipinski definition) is 3. The summed E-state index contributed by atoms with van der Waals surface area (Å²) in [6.45, 7) is 0.815. The fourth-order valence-corrected chi connectivity index (χ4v) is 2.61. The van der Waals surface area contributed by atoms with Gasteiger partial charge in [-0.05, 0) is 45.8 Å². The highest BCUT2D eigenvalue weighted by Crippen LogP contribution is 2.27. The maximum Gasteiger partial charge on any atom is 0.133 e. The van der Waals surface area contributed by atoms with Gasteiger partial charge in [0, 0.05) is 25.3 Å². The first-order valence-corrected chi connectivity index (χ1v) is 7.11. The Morgan fingerprint density at radius 3 is 2.50 bits per heavy atom. The molecular weight excluding hydrogens is 318 g/mol. The molecule has 0 heterocycles. The van der Waals surface area contributed by atoms with Gasteiger partial charge in [-0.2, -0.15) is 0 Å². The van der Waals surface area contributed by atoms with E-state index in [1.807, 2.05) is 24.3 Å². The van der Waals surface area contributed by atoms with Gasteiger partial charge < -0.3 is 14.4 Å². The summed E-state index contributed by atoms with van der Waals surface area (Å²) in [6, 6.07) is 14.2. The van der Waals surface area contributed by atoms with Crippen LogP contribution >= 0.6 is 15.9 Å².